The highest BCUT2D eigenvalue weighted by Gasteiger charge is 2.42. The second-order valence-corrected chi connectivity index (χ2v) is 5.54. The van der Waals surface area contributed by atoms with E-state index in [9.17, 15) is 9.18 Å². The number of benzene rings is 2. The van der Waals surface area contributed by atoms with Gasteiger partial charge in [-0.05, 0) is 37.1 Å². The van der Waals surface area contributed by atoms with E-state index in [1.165, 1.54) is 12.1 Å². The summed E-state index contributed by atoms with van der Waals surface area (Å²) in [5.74, 6) is 0.107. The molecule has 22 heavy (non-hydrogen) atoms. The Hall–Kier alpha value is -2.62. The van der Waals surface area contributed by atoms with Gasteiger partial charge in [0.2, 0.25) is 0 Å². The Labute approximate surface area is 128 Å². The zero-order valence-electron chi connectivity index (χ0n) is 12.3. The number of hydrogen-bond acceptors (Lipinski definition) is 3. The van der Waals surface area contributed by atoms with Gasteiger partial charge in [0.05, 0.1) is 0 Å². The van der Waals surface area contributed by atoms with Crippen LogP contribution in [-0.4, -0.2) is 11.8 Å². The number of hydrogen-bond donors (Lipinski definition) is 0. The van der Waals surface area contributed by atoms with Gasteiger partial charge in [-0.2, -0.15) is 0 Å². The van der Waals surface area contributed by atoms with E-state index in [1.54, 1.807) is 26.0 Å². The Balaban J connectivity index is 2.24. The molecule has 2 aromatic rings. The summed E-state index contributed by atoms with van der Waals surface area (Å²) in [6.07, 6.45) is -0.726. The molecule has 112 valence electrons. The van der Waals surface area contributed by atoms with E-state index < -0.39 is 11.8 Å². The molecular formula is C18H15FO3. The summed E-state index contributed by atoms with van der Waals surface area (Å²) in [4.78, 5) is 11.6. The Kier molecular flexibility index (Phi) is 3.45. The topological polar surface area (TPSA) is 35.5 Å². The molecule has 1 fully saturated rings. The highest BCUT2D eigenvalue weighted by molar-refractivity contribution is 5.85. The van der Waals surface area contributed by atoms with Crippen LogP contribution in [0.15, 0.2) is 60.4 Å². The molecule has 0 bridgehead atoms. The van der Waals surface area contributed by atoms with Gasteiger partial charge in [-0.25, -0.2) is 9.18 Å². The first kappa shape index (κ1) is 14.3. The van der Waals surface area contributed by atoms with Crippen LogP contribution in [0.5, 0.6) is 0 Å². The largest absolute Gasteiger partial charge is 0.514 e. The molecule has 1 aliphatic rings. The maximum Gasteiger partial charge on any atom is 0.514 e. The Morgan fingerprint density at radius 1 is 0.955 bits per heavy atom. The van der Waals surface area contributed by atoms with Crippen molar-refractivity contribution in [1.82, 2.24) is 0 Å². The van der Waals surface area contributed by atoms with Gasteiger partial charge < -0.3 is 9.47 Å². The molecule has 1 aliphatic heterocycles. The molecule has 0 radical (unpaired) electrons. The zero-order chi connectivity index (χ0) is 15.7. The smallest absolute Gasteiger partial charge is 0.420 e. The third-order valence-corrected chi connectivity index (χ3v) is 3.49. The van der Waals surface area contributed by atoms with E-state index in [2.05, 4.69) is 0 Å². The fourth-order valence-electron chi connectivity index (χ4n) is 2.48. The summed E-state index contributed by atoms with van der Waals surface area (Å²) < 4.78 is 23.7. The molecule has 1 heterocycles. The molecule has 0 unspecified atom stereocenters. The van der Waals surface area contributed by atoms with Crippen molar-refractivity contribution < 1.29 is 18.7 Å². The quantitative estimate of drug-likeness (QED) is 0.764. The summed E-state index contributed by atoms with van der Waals surface area (Å²) in [6.45, 7) is 3.53. The molecule has 4 heteroatoms. The van der Waals surface area contributed by atoms with Crippen molar-refractivity contribution in [2.24, 2.45) is 0 Å². The van der Waals surface area contributed by atoms with Crippen molar-refractivity contribution in [2.45, 2.75) is 19.4 Å². The van der Waals surface area contributed by atoms with Gasteiger partial charge >= 0.3 is 6.16 Å². The number of halogens is 1. The van der Waals surface area contributed by atoms with Crippen LogP contribution in [0.25, 0.3) is 5.57 Å². The first-order valence-corrected chi connectivity index (χ1v) is 6.94. The van der Waals surface area contributed by atoms with Gasteiger partial charge in [0.15, 0.2) is 11.4 Å². The lowest BCUT2D eigenvalue weighted by molar-refractivity contribution is 0.0873. The molecule has 0 saturated carbocycles. The predicted octanol–water partition coefficient (Wildman–Crippen LogP) is 4.53. The third-order valence-electron chi connectivity index (χ3n) is 3.49. The average molecular weight is 298 g/mol. The van der Waals surface area contributed by atoms with Crippen molar-refractivity contribution in [1.29, 1.82) is 0 Å². The van der Waals surface area contributed by atoms with Gasteiger partial charge in [0, 0.05) is 5.57 Å². The summed E-state index contributed by atoms with van der Waals surface area (Å²) >= 11 is 0. The lowest BCUT2D eigenvalue weighted by atomic mass is 9.91. The Morgan fingerprint density at radius 2 is 1.55 bits per heavy atom. The molecule has 0 aliphatic carbocycles. The third kappa shape index (κ3) is 2.60. The predicted molar refractivity (Wildman–Crippen MR) is 80.5 cm³/mol. The first-order chi connectivity index (χ1) is 10.5. The molecule has 1 saturated heterocycles. The van der Waals surface area contributed by atoms with Crippen LogP contribution in [0.4, 0.5) is 9.18 Å². The zero-order valence-corrected chi connectivity index (χ0v) is 12.3. The van der Waals surface area contributed by atoms with Crippen LogP contribution in [0, 0.1) is 5.82 Å². The number of carbonyl (C=O) groups excluding carboxylic acids is 1. The maximum absolute atomic E-state index is 13.2. The van der Waals surface area contributed by atoms with Crippen molar-refractivity contribution in [2.75, 3.05) is 0 Å². The molecule has 0 amide bonds. The Bertz CT molecular complexity index is 731. The van der Waals surface area contributed by atoms with Gasteiger partial charge in [0.25, 0.3) is 0 Å². The van der Waals surface area contributed by atoms with E-state index in [1.807, 2.05) is 30.3 Å². The second kappa shape index (κ2) is 5.30. The normalized spacial score (nSPS) is 18.6. The van der Waals surface area contributed by atoms with E-state index >= 15 is 0 Å². The molecule has 0 N–H and O–H groups in total. The van der Waals surface area contributed by atoms with Crippen LogP contribution < -0.4 is 0 Å². The van der Waals surface area contributed by atoms with E-state index in [4.69, 9.17) is 9.47 Å². The number of carbonyl (C=O) groups is 1. The first-order valence-electron chi connectivity index (χ1n) is 6.94. The van der Waals surface area contributed by atoms with E-state index in [0.717, 1.165) is 16.7 Å². The summed E-state index contributed by atoms with van der Waals surface area (Å²) in [5, 5.41) is 0. The lowest BCUT2D eigenvalue weighted by Crippen LogP contribution is -2.21. The molecule has 2 aromatic carbocycles. The fraction of sp³-hybridized carbons (Fsp3) is 0.167. The van der Waals surface area contributed by atoms with Gasteiger partial charge in [-0.15, -0.1) is 0 Å². The maximum atomic E-state index is 13.2. The van der Waals surface area contributed by atoms with Gasteiger partial charge in [-0.1, -0.05) is 42.5 Å². The van der Waals surface area contributed by atoms with Crippen molar-refractivity contribution >= 4 is 11.7 Å². The van der Waals surface area contributed by atoms with Crippen molar-refractivity contribution in [3.8, 4) is 0 Å². The SMILES string of the molecule is CC1(C)OC(=O)O/C1=C(\c1ccccc1)c1ccc(F)cc1. The van der Waals surface area contributed by atoms with Crippen LogP contribution in [0.1, 0.15) is 25.0 Å². The number of rotatable bonds is 2. The molecule has 0 atom stereocenters. The number of cyclic esters (lactones) is 2. The Morgan fingerprint density at radius 3 is 2.09 bits per heavy atom. The van der Waals surface area contributed by atoms with Crippen LogP contribution in [0.3, 0.4) is 0 Å². The molecular weight excluding hydrogens is 283 g/mol. The van der Waals surface area contributed by atoms with Crippen LogP contribution in [0.2, 0.25) is 0 Å². The summed E-state index contributed by atoms with van der Waals surface area (Å²) in [6, 6.07) is 15.6. The standard InChI is InChI=1S/C18H15FO3/c1-18(2)16(21-17(20)22-18)15(12-6-4-3-5-7-12)13-8-10-14(19)11-9-13/h3-11H,1-2H3/b16-15+. The summed E-state index contributed by atoms with van der Waals surface area (Å²) in [5.41, 5.74) is 1.47. The van der Waals surface area contributed by atoms with Crippen LogP contribution in [-0.2, 0) is 9.47 Å². The highest BCUT2D eigenvalue weighted by Crippen LogP contribution is 2.39. The summed E-state index contributed by atoms with van der Waals surface area (Å²) in [7, 11) is 0. The second-order valence-electron chi connectivity index (χ2n) is 5.54. The minimum atomic E-state index is -0.878. The van der Waals surface area contributed by atoms with Crippen LogP contribution >= 0.6 is 0 Å². The number of ether oxygens (including phenoxy) is 2. The molecule has 0 aromatic heterocycles. The highest BCUT2D eigenvalue weighted by atomic mass is 19.1. The van der Waals surface area contributed by atoms with E-state index in [-0.39, 0.29) is 5.82 Å². The van der Waals surface area contributed by atoms with Crippen molar-refractivity contribution in [3.63, 3.8) is 0 Å². The molecule has 0 spiro atoms. The van der Waals surface area contributed by atoms with Gasteiger partial charge in [0.1, 0.15) is 5.82 Å². The monoisotopic (exact) mass is 298 g/mol. The molecule has 3 rings (SSSR count). The minimum Gasteiger partial charge on any atom is -0.420 e. The van der Waals surface area contributed by atoms with Crippen molar-refractivity contribution in [3.05, 3.63) is 77.3 Å². The van der Waals surface area contributed by atoms with E-state index in [0.29, 0.717) is 5.76 Å². The lowest BCUT2D eigenvalue weighted by Gasteiger charge is -2.19. The van der Waals surface area contributed by atoms with Gasteiger partial charge in [-0.3, -0.25) is 0 Å². The molecule has 3 nitrogen and oxygen atoms in total. The fourth-order valence-corrected chi connectivity index (χ4v) is 2.48. The average Bonchev–Trinajstić information content (AvgIpc) is 2.75. The minimum absolute atomic E-state index is 0.319.